The number of fused-ring (bicyclic) bond motifs is 1. The van der Waals surface area contributed by atoms with Crippen LogP contribution in [-0.4, -0.2) is 60.9 Å². The van der Waals surface area contributed by atoms with E-state index in [0.29, 0.717) is 16.7 Å². The van der Waals surface area contributed by atoms with E-state index < -0.39 is 35.1 Å². The van der Waals surface area contributed by atoms with Crippen molar-refractivity contribution in [2.24, 2.45) is 0 Å². The van der Waals surface area contributed by atoms with Crippen LogP contribution < -0.4 is 5.32 Å². The molecule has 0 spiro atoms. The van der Waals surface area contributed by atoms with Crippen molar-refractivity contribution >= 4 is 28.8 Å². The smallest absolute Gasteiger partial charge is 0.411 e. The van der Waals surface area contributed by atoms with Crippen LogP contribution in [0.3, 0.4) is 0 Å². The second-order valence-corrected chi connectivity index (χ2v) is 9.79. The van der Waals surface area contributed by atoms with Crippen LogP contribution in [0, 0.1) is 5.82 Å². The van der Waals surface area contributed by atoms with Crippen LogP contribution in [0.25, 0.3) is 22.3 Å². The number of amides is 1. The number of likely N-dealkylation sites (tertiary alicyclic amines) is 1. The number of aromatic nitrogens is 2. The van der Waals surface area contributed by atoms with Crippen molar-refractivity contribution in [3.05, 3.63) is 48.3 Å². The zero-order valence-corrected chi connectivity index (χ0v) is 19.9. The predicted molar refractivity (Wildman–Crippen MR) is 128 cm³/mol. The summed E-state index contributed by atoms with van der Waals surface area (Å²) in [5.74, 6) is -1.40. The fourth-order valence-electron chi connectivity index (χ4n) is 4.16. The molecule has 4 rings (SSSR count). The summed E-state index contributed by atoms with van der Waals surface area (Å²) in [6.07, 6.45) is -0.620. The maximum atomic E-state index is 13.9. The fourth-order valence-corrected chi connectivity index (χ4v) is 4.16. The first-order valence-corrected chi connectivity index (χ1v) is 11.1. The van der Waals surface area contributed by atoms with Crippen molar-refractivity contribution in [3.63, 3.8) is 0 Å². The van der Waals surface area contributed by atoms with Gasteiger partial charge >= 0.3 is 12.1 Å². The molecule has 2 heterocycles. The number of nitrogens with one attached hydrogen (secondary N) is 1. The summed E-state index contributed by atoms with van der Waals surface area (Å²) >= 11 is 0. The summed E-state index contributed by atoms with van der Waals surface area (Å²) in [6.45, 7) is 6.69. The number of phenols is 1. The summed E-state index contributed by atoms with van der Waals surface area (Å²) in [7, 11) is 0. The number of anilines is 1. The highest BCUT2D eigenvalue weighted by Crippen LogP contribution is 2.35. The van der Waals surface area contributed by atoms with Crippen molar-refractivity contribution in [2.45, 2.75) is 51.3 Å². The molecule has 10 heteroatoms. The second kappa shape index (κ2) is 8.68. The van der Waals surface area contributed by atoms with Gasteiger partial charge in [-0.1, -0.05) is 12.1 Å². The first kappa shape index (κ1) is 24.2. The average molecular weight is 483 g/mol. The first-order chi connectivity index (χ1) is 16.4. The Hall–Kier alpha value is -3.95. The molecule has 3 N–H and O–H groups in total. The van der Waals surface area contributed by atoms with E-state index in [0.717, 1.165) is 12.1 Å². The Kier molecular flexibility index (Phi) is 6.00. The lowest BCUT2D eigenvalue weighted by atomic mass is 9.97. The van der Waals surface area contributed by atoms with Crippen LogP contribution in [-0.2, 0) is 9.53 Å². The van der Waals surface area contributed by atoms with Crippen molar-refractivity contribution < 1.29 is 28.9 Å². The minimum Gasteiger partial charge on any atom is -0.507 e. The molecule has 1 aromatic heterocycles. The largest absolute Gasteiger partial charge is 0.507 e. The molecule has 1 aliphatic heterocycles. The topological polar surface area (TPSA) is 125 Å². The highest BCUT2D eigenvalue weighted by atomic mass is 19.1. The van der Waals surface area contributed by atoms with E-state index in [1.165, 1.54) is 17.9 Å². The number of aliphatic carboxylic acids is 1. The number of benzene rings is 2. The molecule has 0 saturated carbocycles. The number of para-hydroxylation sites is 1. The second-order valence-electron chi connectivity index (χ2n) is 9.79. The Morgan fingerprint density at radius 1 is 1.20 bits per heavy atom. The average Bonchev–Trinajstić information content (AvgIpc) is 3.12. The van der Waals surface area contributed by atoms with E-state index in [2.05, 4.69) is 15.3 Å². The van der Waals surface area contributed by atoms with E-state index in [1.807, 2.05) is 0 Å². The number of carboxylic acid groups (broad SMARTS) is 1. The fraction of sp³-hybridized carbons (Fsp3) is 0.360. The highest BCUT2D eigenvalue weighted by Gasteiger charge is 2.51. The molecule has 2 atom stereocenters. The number of aromatic hydroxyl groups is 1. The summed E-state index contributed by atoms with van der Waals surface area (Å²) in [4.78, 5) is 35.2. The molecular formula is C25H27FN4O5. The van der Waals surface area contributed by atoms with Crippen molar-refractivity contribution in [1.82, 2.24) is 14.9 Å². The SMILES string of the molecule is CC(C)(C)OC(=O)N1C[C@@H](Nc2nc(-c3cc(F)ccc3O)nc3ccccc23)C[C@]1(C)C(=O)O. The Bertz CT molecular complexity index is 1310. The molecule has 1 fully saturated rings. The number of hydrogen-bond acceptors (Lipinski definition) is 7. The van der Waals surface area contributed by atoms with Gasteiger partial charge in [0.05, 0.1) is 11.1 Å². The van der Waals surface area contributed by atoms with E-state index in [4.69, 9.17) is 4.74 Å². The Labute approximate surface area is 201 Å². The van der Waals surface area contributed by atoms with Crippen LogP contribution in [0.5, 0.6) is 5.75 Å². The molecule has 1 saturated heterocycles. The monoisotopic (exact) mass is 482 g/mol. The van der Waals surface area contributed by atoms with Crippen LogP contribution >= 0.6 is 0 Å². The van der Waals surface area contributed by atoms with E-state index in [1.54, 1.807) is 45.0 Å². The molecular weight excluding hydrogens is 455 g/mol. The third-order valence-corrected chi connectivity index (χ3v) is 5.86. The standard InChI is InChI=1S/C25H27FN4O5/c1-24(2,3)35-23(34)30-13-15(12-25(30,4)22(32)33)27-20-16-7-5-6-8-18(16)28-21(29-20)17-11-14(26)9-10-19(17)31/h5-11,15,31H,12-13H2,1-4H3,(H,32,33)(H,27,28,29)/t15-,25+/m0/s1. The van der Waals surface area contributed by atoms with Crippen LogP contribution in [0.4, 0.5) is 15.0 Å². The van der Waals surface area contributed by atoms with Gasteiger partial charge in [-0.05, 0) is 58.0 Å². The van der Waals surface area contributed by atoms with E-state index >= 15 is 0 Å². The normalized spacial score (nSPS) is 20.1. The molecule has 184 valence electrons. The van der Waals surface area contributed by atoms with Crippen molar-refractivity contribution in [1.29, 1.82) is 0 Å². The van der Waals surface area contributed by atoms with Crippen LogP contribution in [0.2, 0.25) is 0 Å². The Morgan fingerprint density at radius 2 is 1.91 bits per heavy atom. The lowest BCUT2D eigenvalue weighted by molar-refractivity contribution is -0.148. The first-order valence-electron chi connectivity index (χ1n) is 11.1. The van der Waals surface area contributed by atoms with Gasteiger partial charge in [0, 0.05) is 24.4 Å². The van der Waals surface area contributed by atoms with Gasteiger partial charge in [-0.2, -0.15) is 0 Å². The molecule has 0 aliphatic carbocycles. The number of hydrogen-bond donors (Lipinski definition) is 3. The highest BCUT2D eigenvalue weighted by molar-refractivity contribution is 5.91. The minimum absolute atomic E-state index is 0.0661. The van der Waals surface area contributed by atoms with Gasteiger partial charge in [-0.15, -0.1) is 0 Å². The number of carbonyl (C=O) groups excluding carboxylic acids is 1. The van der Waals surface area contributed by atoms with Crippen LogP contribution in [0.15, 0.2) is 42.5 Å². The summed E-state index contributed by atoms with van der Waals surface area (Å²) < 4.78 is 19.3. The van der Waals surface area contributed by atoms with Gasteiger partial charge < -0.3 is 20.3 Å². The van der Waals surface area contributed by atoms with Gasteiger partial charge in [-0.25, -0.2) is 23.9 Å². The molecule has 35 heavy (non-hydrogen) atoms. The number of nitrogens with zero attached hydrogens (tertiary/aromatic N) is 3. The number of carboxylic acids is 1. The predicted octanol–water partition coefficient (Wildman–Crippen LogP) is 4.41. The quantitative estimate of drug-likeness (QED) is 0.500. The lowest BCUT2D eigenvalue weighted by Crippen LogP contribution is -2.52. The molecule has 1 amide bonds. The van der Waals surface area contributed by atoms with Crippen molar-refractivity contribution in [2.75, 3.05) is 11.9 Å². The number of halogens is 1. The van der Waals surface area contributed by atoms with Gasteiger partial charge in [0.25, 0.3) is 0 Å². The Morgan fingerprint density at radius 3 is 2.60 bits per heavy atom. The third kappa shape index (κ3) is 4.82. The van der Waals surface area contributed by atoms with Gasteiger partial charge in [0.2, 0.25) is 0 Å². The van der Waals surface area contributed by atoms with Crippen LogP contribution in [0.1, 0.15) is 34.1 Å². The van der Waals surface area contributed by atoms with Crippen molar-refractivity contribution in [3.8, 4) is 17.1 Å². The maximum absolute atomic E-state index is 13.9. The molecule has 9 nitrogen and oxygen atoms in total. The molecule has 1 aliphatic rings. The molecule has 0 radical (unpaired) electrons. The number of rotatable bonds is 4. The maximum Gasteiger partial charge on any atom is 0.411 e. The summed E-state index contributed by atoms with van der Waals surface area (Å²) in [6, 6.07) is 10.2. The van der Waals surface area contributed by atoms with Gasteiger partial charge in [0.1, 0.15) is 28.5 Å². The summed E-state index contributed by atoms with van der Waals surface area (Å²) in [5.41, 5.74) is -1.61. The molecule has 3 aromatic rings. The van der Waals surface area contributed by atoms with E-state index in [-0.39, 0.29) is 30.1 Å². The minimum atomic E-state index is -1.49. The zero-order valence-electron chi connectivity index (χ0n) is 19.9. The van der Waals surface area contributed by atoms with E-state index in [9.17, 15) is 24.2 Å². The van der Waals surface area contributed by atoms with Gasteiger partial charge in [-0.3, -0.25) is 4.90 Å². The zero-order chi connectivity index (χ0) is 25.5. The van der Waals surface area contributed by atoms with Gasteiger partial charge in [0.15, 0.2) is 5.82 Å². The Balaban J connectivity index is 1.72. The number of phenolic OH excluding ortho intramolecular Hbond substituents is 1. The molecule has 0 bridgehead atoms. The third-order valence-electron chi connectivity index (χ3n) is 5.86. The molecule has 2 aromatic carbocycles. The molecule has 0 unspecified atom stereocenters. The number of ether oxygens (including phenoxy) is 1. The lowest BCUT2D eigenvalue weighted by Gasteiger charge is -2.32. The number of carbonyl (C=O) groups is 2. The summed E-state index contributed by atoms with van der Waals surface area (Å²) in [5, 5.41) is 24.1.